The minimum atomic E-state index is -0.224. The molecule has 2 saturated heterocycles. The fourth-order valence-electron chi connectivity index (χ4n) is 6.05. The van der Waals surface area contributed by atoms with Crippen LogP contribution in [0.2, 0.25) is 5.02 Å². The van der Waals surface area contributed by atoms with Crippen LogP contribution in [0.4, 0.5) is 0 Å². The summed E-state index contributed by atoms with van der Waals surface area (Å²) in [5.41, 5.74) is 4.84. The lowest BCUT2D eigenvalue weighted by Crippen LogP contribution is -2.37. The molecule has 2 aromatic heterocycles. The van der Waals surface area contributed by atoms with E-state index in [1.165, 1.54) is 11.2 Å². The maximum absolute atomic E-state index is 12.9. The quantitative estimate of drug-likeness (QED) is 0.481. The Morgan fingerprint density at radius 1 is 1.19 bits per heavy atom. The number of hydrogen-bond donors (Lipinski definition) is 1. The van der Waals surface area contributed by atoms with Gasteiger partial charge < -0.3 is 10.1 Å². The molecule has 2 aliphatic heterocycles. The number of benzene rings is 1. The largest absolute Gasteiger partial charge is 0.488 e. The molecule has 1 aromatic carbocycles. The third kappa shape index (κ3) is 4.10. The smallest absolute Gasteiger partial charge is 0.233 e. The zero-order valence-electron chi connectivity index (χ0n) is 21.4. The molecule has 4 heterocycles. The van der Waals surface area contributed by atoms with E-state index in [1.54, 1.807) is 4.52 Å². The van der Waals surface area contributed by atoms with Crippen LogP contribution in [0.15, 0.2) is 24.7 Å². The van der Waals surface area contributed by atoms with E-state index in [2.05, 4.69) is 15.4 Å². The number of hydrogen-bond acceptors (Lipinski definition) is 6. The zero-order valence-corrected chi connectivity index (χ0v) is 22.9. The maximum Gasteiger partial charge on any atom is 0.233 e. The molecular weight excluding hydrogens is 513 g/mol. The molecule has 0 bridgehead atoms. The lowest BCUT2D eigenvalue weighted by Gasteiger charge is -2.26. The van der Waals surface area contributed by atoms with Gasteiger partial charge in [-0.3, -0.25) is 14.5 Å². The molecule has 3 fully saturated rings. The Labute approximate surface area is 227 Å². The monoisotopic (exact) mass is 543 g/mol. The lowest BCUT2D eigenvalue weighted by atomic mass is 10.0. The van der Waals surface area contributed by atoms with Crippen LogP contribution in [-0.2, 0) is 16.1 Å². The number of aromatic nitrogens is 3. The van der Waals surface area contributed by atoms with Crippen LogP contribution < -0.4 is 10.1 Å². The van der Waals surface area contributed by atoms with Crippen LogP contribution in [0.25, 0.3) is 16.8 Å². The second kappa shape index (κ2) is 9.26. The first-order valence-corrected chi connectivity index (χ1v) is 12.9. The average Bonchev–Trinajstić information content (AvgIpc) is 3.12. The van der Waals surface area contributed by atoms with E-state index in [0.29, 0.717) is 10.7 Å². The van der Waals surface area contributed by atoms with Gasteiger partial charge in [0.1, 0.15) is 23.9 Å². The summed E-state index contributed by atoms with van der Waals surface area (Å²) >= 11 is 6.50. The van der Waals surface area contributed by atoms with Gasteiger partial charge in [0.05, 0.1) is 23.9 Å². The minimum Gasteiger partial charge on any atom is -0.488 e. The summed E-state index contributed by atoms with van der Waals surface area (Å²) in [5.74, 6) is 0.238. The van der Waals surface area contributed by atoms with Crippen LogP contribution in [0.3, 0.4) is 0 Å². The van der Waals surface area contributed by atoms with Gasteiger partial charge in [-0.15, -0.1) is 12.4 Å². The summed E-state index contributed by atoms with van der Waals surface area (Å²) in [7, 11) is 0. The number of carbonyl (C=O) groups is 2. The van der Waals surface area contributed by atoms with Crippen LogP contribution in [0.5, 0.6) is 5.75 Å². The van der Waals surface area contributed by atoms with E-state index < -0.39 is 0 Å². The van der Waals surface area contributed by atoms with E-state index in [-0.39, 0.29) is 54.1 Å². The first-order chi connectivity index (χ1) is 17.2. The van der Waals surface area contributed by atoms with Crippen molar-refractivity contribution in [2.75, 3.05) is 13.1 Å². The van der Waals surface area contributed by atoms with E-state index in [1.807, 2.05) is 46.0 Å². The first kappa shape index (κ1) is 25.9. The van der Waals surface area contributed by atoms with Crippen molar-refractivity contribution in [2.45, 2.75) is 53.2 Å². The SMILES string of the molecule is Cc1cc(Cl)cc(-c2ncnn3cc(CN4C(=O)C5C(C4=O)C5(C)C)c(C)c23)c1OC1CCCNC1.Cl. The molecule has 3 aromatic rings. The molecule has 8 nitrogen and oxygen atoms in total. The summed E-state index contributed by atoms with van der Waals surface area (Å²) in [6.07, 6.45) is 5.52. The molecule has 0 spiro atoms. The fraction of sp³-hybridized carbons (Fsp3) is 0.481. The molecular formula is C27H31Cl2N5O3. The lowest BCUT2D eigenvalue weighted by molar-refractivity contribution is -0.143. The van der Waals surface area contributed by atoms with Crippen molar-refractivity contribution in [3.05, 3.63) is 46.4 Å². The number of rotatable bonds is 5. The number of ether oxygens (including phenoxy) is 1. The summed E-state index contributed by atoms with van der Waals surface area (Å²) in [5, 5.41) is 8.44. The predicted octanol–water partition coefficient (Wildman–Crippen LogP) is 4.36. The number of nitrogens with one attached hydrogen (secondary N) is 1. The van der Waals surface area contributed by atoms with Crippen molar-refractivity contribution in [3.63, 3.8) is 0 Å². The van der Waals surface area contributed by atoms with E-state index >= 15 is 0 Å². The normalized spacial score (nSPS) is 24.2. The Morgan fingerprint density at radius 3 is 2.59 bits per heavy atom. The van der Waals surface area contributed by atoms with E-state index in [9.17, 15) is 9.59 Å². The van der Waals surface area contributed by atoms with Gasteiger partial charge in [-0.2, -0.15) is 5.10 Å². The number of carbonyl (C=O) groups excluding carboxylic acids is 2. The Hall–Kier alpha value is -2.68. The van der Waals surface area contributed by atoms with Gasteiger partial charge in [-0.05, 0) is 67.5 Å². The number of likely N-dealkylation sites (tertiary alicyclic amines) is 1. The number of aryl methyl sites for hydroxylation is 2. The first-order valence-electron chi connectivity index (χ1n) is 12.5. The number of nitrogens with zero attached hydrogens (tertiary/aromatic N) is 4. The molecule has 1 saturated carbocycles. The molecule has 3 aliphatic rings. The van der Waals surface area contributed by atoms with Gasteiger partial charge in [-0.25, -0.2) is 9.50 Å². The van der Waals surface area contributed by atoms with Gasteiger partial charge in [-0.1, -0.05) is 25.4 Å². The highest BCUT2D eigenvalue weighted by Gasteiger charge is 2.72. The highest BCUT2D eigenvalue weighted by atomic mass is 35.5. The third-order valence-corrected chi connectivity index (χ3v) is 8.40. The zero-order chi connectivity index (χ0) is 25.4. The molecule has 37 heavy (non-hydrogen) atoms. The van der Waals surface area contributed by atoms with Gasteiger partial charge in [0, 0.05) is 23.3 Å². The number of imide groups is 1. The molecule has 2 amide bonds. The van der Waals surface area contributed by atoms with Crippen LogP contribution in [-0.4, -0.2) is 50.5 Å². The Bertz CT molecular complexity index is 1390. The van der Waals surface area contributed by atoms with Crippen LogP contribution in [0, 0.1) is 31.1 Å². The van der Waals surface area contributed by atoms with E-state index in [0.717, 1.165) is 59.5 Å². The molecule has 6 rings (SSSR count). The summed E-state index contributed by atoms with van der Waals surface area (Å²) in [6.45, 7) is 10.00. The third-order valence-electron chi connectivity index (χ3n) is 8.18. The van der Waals surface area contributed by atoms with Gasteiger partial charge in [0.25, 0.3) is 0 Å². The average molecular weight is 544 g/mol. The molecule has 3 unspecified atom stereocenters. The number of piperidine rings is 2. The second-order valence-corrected chi connectivity index (χ2v) is 11.3. The van der Waals surface area contributed by atoms with Crippen molar-refractivity contribution in [2.24, 2.45) is 17.3 Å². The van der Waals surface area contributed by atoms with Crippen LogP contribution in [0.1, 0.15) is 43.4 Å². The van der Waals surface area contributed by atoms with Crippen molar-refractivity contribution >= 4 is 41.3 Å². The Kier molecular flexibility index (Phi) is 6.49. The molecule has 1 N–H and O–H groups in total. The Balaban J connectivity index is 0.00000280. The molecule has 196 valence electrons. The van der Waals surface area contributed by atoms with Crippen molar-refractivity contribution in [3.8, 4) is 17.0 Å². The highest BCUT2D eigenvalue weighted by Crippen LogP contribution is 2.63. The van der Waals surface area contributed by atoms with Crippen molar-refractivity contribution in [1.82, 2.24) is 24.8 Å². The number of amides is 2. The molecule has 0 radical (unpaired) electrons. The van der Waals surface area contributed by atoms with Crippen molar-refractivity contribution < 1.29 is 14.3 Å². The highest BCUT2D eigenvalue weighted by molar-refractivity contribution is 6.31. The maximum atomic E-state index is 12.9. The second-order valence-electron chi connectivity index (χ2n) is 10.9. The van der Waals surface area contributed by atoms with E-state index in [4.69, 9.17) is 16.3 Å². The van der Waals surface area contributed by atoms with Crippen molar-refractivity contribution in [1.29, 1.82) is 0 Å². The summed E-state index contributed by atoms with van der Waals surface area (Å²) in [6, 6.07) is 3.79. The summed E-state index contributed by atoms with van der Waals surface area (Å²) in [4.78, 5) is 31.9. The molecule has 10 heteroatoms. The van der Waals surface area contributed by atoms with Crippen LogP contribution >= 0.6 is 24.0 Å². The predicted molar refractivity (Wildman–Crippen MR) is 143 cm³/mol. The number of fused-ring (bicyclic) bond motifs is 2. The molecule has 1 aliphatic carbocycles. The topological polar surface area (TPSA) is 88.8 Å². The Morgan fingerprint density at radius 2 is 1.92 bits per heavy atom. The minimum absolute atomic E-state index is 0. The van der Waals surface area contributed by atoms with Gasteiger partial charge in [0.15, 0.2) is 0 Å². The standard InChI is InChI=1S/C27H30ClN5O3.ClH/c1-14-8-17(28)9-19(24(14)36-18-6-5-7-29-10-18)22-23-15(2)16(12-33(23)31-13-30-22)11-32-25(34)20-21(26(32)35)27(20,3)4;/h8-9,12-13,18,20-21,29H,5-7,10-11H2,1-4H3;1H. The van der Waals surface area contributed by atoms with Gasteiger partial charge >= 0.3 is 0 Å². The fourth-order valence-corrected chi connectivity index (χ4v) is 6.32. The summed E-state index contributed by atoms with van der Waals surface area (Å²) < 4.78 is 8.27. The number of halogens is 2. The van der Waals surface area contributed by atoms with Gasteiger partial charge in [0.2, 0.25) is 11.8 Å². The molecule has 3 atom stereocenters.